The number of sulfone groups is 1. The van der Waals surface area contributed by atoms with Crippen LogP contribution in [0.2, 0.25) is 0 Å². The molecular formula is C10H10N6O2S2. The van der Waals surface area contributed by atoms with Gasteiger partial charge >= 0.3 is 0 Å². The lowest BCUT2D eigenvalue weighted by atomic mass is 10.2. The molecule has 20 heavy (non-hydrogen) atoms. The van der Waals surface area contributed by atoms with Crippen molar-refractivity contribution < 1.29 is 8.42 Å². The van der Waals surface area contributed by atoms with Crippen molar-refractivity contribution in [3.8, 4) is 0 Å². The molecule has 2 aromatic heterocycles. The monoisotopic (exact) mass is 310 g/mol. The molecule has 0 spiro atoms. The second-order valence-electron chi connectivity index (χ2n) is 4.87. The number of rotatable bonds is 1. The highest BCUT2D eigenvalue weighted by Crippen LogP contribution is 2.30. The number of aromatic nitrogens is 4. The lowest BCUT2D eigenvalue weighted by molar-refractivity contribution is 0.600. The number of imidazole rings is 1. The average Bonchev–Trinajstić information content (AvgIpc) is 3.00. The van der Waals surface area contributed by atoms with Crippen molar-refractivity contribution in [1.82, 2.24) is 25.3 Å². The summed E-state index contributed by atoms with van der Waals surface area (Å²) in [6, 6.07) is -0.408. The summed E-state index contributed by atoms with van der Waals surface area (Å²) in [6.07, 6.45) is 2.93. The Morgan fingerprint density at radius 1 is 1.30 bits per heavy atom. The third kappa shape index (κ3) is 1.61. The molecule has 0 unspecified atom stereocenters. The van der Waals surface area contributed by atoms with Gasteiger partial charge in [0.15, 0.2) is 26.4 Å². The third-order valence-electron chi connectivity index (χ3n) is 3.61. The van der Waals surface area contributed by atoms with E-state index < -0.39 is 9.84 Å². The van der Waals surface area contributed by atoms with Crippen LogP contribution >= 0.6 is 12.2 Å². The number of aromatic amines is 1. The van der Waals surface area contributed by atoms with Gasteiger partial charge in [-0.15, -0.1) is 0 Å². The molecular weight excluding hydrogens is 300 g/mol. The standard InChI is InChI=1S/C10H10N6O2S2/c17-20(18)1-5-6(2-20)16(10(19)15-5)9-7-8(12-3-11-7)13-4-14-9/h3-6H,1-2H2,(H,15,19)(H,11,12,13,14)/t5-,6+/m0/s1. The normalized spacial score (nSPS) is 27.8. The molecule has 2 N–H and O–H groups in total. The first-order chi connectivity index (χ1) is 9.55. The second kappa shape index (κ2) is 3.85. The van der Waals surface area contributed by atoms with Crippen molar-refractivity contribution in [2.75, 3.05) is 16.4 Å². The molecule has 2 fully saturated rings. The Hall–Kier alpha value is -1.81. The number of nitrogens with one attached hydrogen (secondary N) is 2. The van der Waals surface area contributed by atoms with Crippen molar-refractivity contribution >= 4 is 44.1 Å². The van der Waals surface area contributed by atoms with Crippen molar-refractivity contribution in [1.29, 1.82) is 0 Å². The van der Waals surface area contributed by atoms with E-state index >= 15 is 0 Å². The van der Waals surface area contributed by atoms with E-state index in [0.29, 0.717) is 22.1 Å². The number of thiocarbonyl (C=S) groups is 1. The second-order valence-corrected chi connectivity index (χ2v) is 7.41. The van der Waals surface area contributed by atoms with Gasteiger partial charge in [-0.25, -0.2) is 23.4 Å². The van der Waals surface area contributed by atoms with E-state index in [4.69, 9.17) is 12.2 Å². The van der Waals surface area contributed by atoms with Gasteiger partial charge in [0.25, 0.3) is 0 Å². The van der Waals surface area contributed by atoms with Gasteiger partial charge in [-0.3, -0.25) is 4.90 Å². The first-order valence-corrected chi connectivity index (χ1v) is 8.22. The summed E-state index contributed by atoms with van der Waals surface area (Å²) in [5, 5.41) is 3.55. The average molecular weight is 310 g/mol. The van der Waals surface area contributed by atoms with E-state index in [2.05, 4.69) is 25.3 Å². The zero-order valence-corrected chi connectivity index (χ0v) is 11.8. The Balaban J connectivity index is 1.85. The number of hydrogen-bond donors (Lipinski definition) is 2. The molecule has 0 radical (unpaired) electrons. The molecule has 2 atom stereocenters. The third-order valence-corrected chi connectivity index (χ3v) is 5.64. The van der Waals surface area contributed by atoms with Crippen LogP contribution in [0, 0.1) is 0 Å². The van der Waals surface area contributed by atoms with Crippen LogP contribution in [0.4, 0.5) is 5.82 Å². The van der Waals surface area contributed by atoms with Gasteiger partial charge in [-0.05, 0) is 12.2 Å². The zero-order chi connectivity index (χ0) is 13.9. The number of hydrogen-bond acceptors (Lipinski definition) is 6. The first-order valence-electron chi connectivity index (χ1n) is 5.99. The molecule has 0 amide bonds. The molecule has 2 aliphatic rings. The summed E-state index contributed by atoms with van der Waals surface area (Å²) in [5.74, 6) is 0.741. The summed E-state index contributed by atoms with van der Waals surface area (Å²) in [6.45, 7) is 0. The van der Waals surface area contributed by atoms with Gasteiger partial charge in [0.05, 0.1) is 29.9 Å². The number of anilines is 1. The molecule has 0 bridgehead atoms. The van der Waals surface area contributed by atoms with E-state index in [1.54, 1.807) is 4.90 Å². The molecule has 2 aromatic rings. The molecule has 2 aliphatic heterocycles. The predicted molar refractivity (Wildman–Crippen MR) is 76.1 cm³/mol. The number of fused-ring (bicyclic) bond motifs is 2. The summed E-state index contributed by atoms with van der Waals surface area (Å²) in [7, 11) is -3.04. The smallest absolute Gasteiger partial charge is 0.182 e. The van der Waals surface area contributed by atoms with E-state index in [0.717, 1.165) is 0 Å². The van der Waals surface area contributed by atoms with Crippen LogP contribution in [0.5, 0.6) is 0 Å². The molecule has 8 nitrogen and oxygen atoms in total. The molecule has 4 rings (SSSR count). The summed E-state index contributed by atoms with van der Waals surface area (Å²) in [4.78, 5) is 17.1. The minimum atomic E-state index is -3.04. The molecule has 4 heterocycles. The summed E-state index contributed by atoms with van der Waals surface area (Å²) >= 11 is 5.31. The largest absolute Gasteiger partial charge is 0.356 e. The molecule has 0 saturated carbocycles. The highest BCUT2D eigenvalue weighted by Gasteiger charge is 2.48. The summed E-state index contributed by atoms with van der Waals surface area (Å²) in [5.41, 5.74) is 1.18. The maximum Gasteiger partial charge on any atom is 0.182 e. The zero-order valence-electron chi connectivity index (χ0n) is 10.1. The molecule has 0 aliphatic carbocycles. The lowest BCUT2D eigenvalue weighted by Crippen LogP contribution is -2.37. The summed E-state index contributed by atoms with van der Waals surface area (Å²) < 4.78 is 23.6. The first kappa shape index (κ1) is 12.0. The molecule has 104 valence electrons. The van der Waals surface area contributed by atoms with Crippen molar-refractivity contribution in [2.45, 2.75) is 12.1 Å². The fraction of sp³-hybridized carbons (Fsp3) is 0.400. The van der Waals surface area contributed by atoms with Gasteiger partial charge < -0.3 is 10.3 Å². The molecule has 0 aromatic carbocycles. The highest BCUT2D eigenvalue weighted by atomic mass is 32.2. The predicted octanol–water partition coefficient (Wildman–Crippen LogP) is -0.787. The SMILES string of the molecule is O=S1(=O)C[C@@H]2NC(=S)N(c3ncnc4nc[nH]c34)[C@@H]2C1. The Morgan fingerprint density at radius 3 is 3.00 bits per heavy atom. The van der Waals surface area contributed by atoms with E-state index in [1.807, 2.05) is 0 Å². The van der Waals surface area contributed by atoms with Crippen molar-refractivity contribution in [3.63, 3.8) is 0 Å². The van der Waals surface area contributed by atoms with Crippen LogP contribution in [0.1, 0.15) is 0 Å². The number of nitrogens with zero attached hydrogens (tertiary/aromatic N) is 4. The van der Waals surface area contributed by atoms with Crippen LogP contribution in [0.15, 0.2) is 12.7 Å². The quantitative estimate of drug-likeness (QED) is 0.661. The Kier molecular flexibility index (Phi) is 2.31. The van der Waals surface area contributed by atoms with Crippen LogP contribution in [0.25, 0.3) is 11.2 Å². The Bertz CT molecular complexity index is 816. The van der Waals surface area contributed by atoms with E-state index in [9.17, 15) is 8.42 Å². The molecule has 2 saturated heterocycles. The van der Waals surface area contributed by atoms with Crippen molar-refractivity contribution in [2.24, 2.45) is 0 Å². The number of H-pyrrole nitrogens is 1. The van der Waals surface area contributed by atoms with E-state index in [-0.39, 0.29) is 23.6 Å². The van der Waals surface area contributed by atoms with Crippen molar-refractivity contribution in [3.05, 3.63) is 12.7 Å². The fourth-order valence-electron chi connectivity index (χ4n) is 2.79. The van der Waals surface area contributed by atoms with Gasteiger partial charge in [0.2, 0.25) is 0 Å². The molecule has 10 heteroatoms. The maximum atomic E-state index is 11.8. The van der Waals surface area contributed by atoms with Gasteiger partial charge in [0.1, 0.15) is 11.8 Å². The topological polar surface area (TPSA) is 104 Å². The minimum Gasteiger partial charge on any atom is -0.356 e. The Labute approximate surface area is 119 Å². The van der Waals surface area contributed by atoms with Crippen LogP contribution in [-0.2, 0) is 9.84 Å². The van der Waals surface area contributed by atoms with Crippen LogP contribution in [0.3, 0.4) is 0 Å². The maximum absolute atomic E-state index is 11.8. The van der Waals surface area contributed by atoms with Crippen LogP contribution < -0.4 is 10.2 Å². The van der Waals surface area contributed by atoms with Gasteiger partial charge in [-0.2, -0.15) is 0 Å². The van der Waals surface area contributed by atoms with Crippen LogP contribution in [-0.4, -0.2) is 57.1 Å². The highest BCUT2D eigenvalue weighted by molar-refractivity contribution is 7.91. The van der Waals surface area contributed by atoms with E-state index in [1.165, 1.54) is 12.7 Å². The fourth-order valence-corrected chi connectivity index (χ4v) is 5.05. The minimum absolute atomic E-state index is 0.0738. The van der Waals surface area contributed by atoms with Gasteiger partial charge in [0, 0.05) is 0 Å². The lowest BCUT2D eigenvalue weighted by Gasteiger charge is -2.21. The van der Waals surface area contributed by atoms with Gasteiger partial charge in [-0.1, -0.05) is 0 Å². The Morgan fingerprint density at radius 2 is 2.15 bits per heavy atom.